The Hall–Kier alpha value is -1.41. The van der Waals surface area contributed by atoms with Crippen molar-refractivity contribution in [3.8, 4) is 0 Å². The summed E-state index contributed by atoms with van der Waals surface area (Å²) in [6, 6.07) is 13.5. The molecule has 1 saturated heterocycles. The number of piperidine rings is 1. The average Bonchev–Trinajstić information content (AvgIpc) is 2.64. The fourth-order valence-electron chi connectivity index (χ4n) is 2.93. The molecule has 1 heterocycles. The average molecular weight is 458 g/mol. The smallest absolute Gasteiger partial charge is 0.243 e. The van der Waals surface area contributed by atoms with Gasteiger partial charge in [0.15, 0.2) is 0 Å². The van der Waals surface area contributed by atoms with E-state index in [0.29, 0.717) is 30.1 Å². The Labute approximate surface area is 166 Å². The van der Waals surface area contributed by atoms with Crippen molar-refractivity contribution >= 4 is 49.1 Å². The summed E-state index contributed by atoms with van der Waals surface area (Å²) in [5, 5.41) is 3.26. The Balaban J connectivity index is 1.73. The molecule has 2 aromatic rings. The molecule has 138 valence electrons. The minimum atomic E-state index is -3.62. The van der Waals surface area contributed by atoms with Gasteiger partial charge in [-0.05, 0) is 49.2 Å². The number of carbonyl (C=O) groups is 1. The minimum absolute atomic E-state index is 0.161. The van der Waals surface area contributed by atoms with Gasteiger partial charge in [0.1, 0.15) is 0 Å². The monoisotopic (exact) mass is 456 g/mol. The molecule has 1 amide bonds. The van der Waals surface area contributed by atoms with Crippen LogP contribution >= 0.6 is 27.5 Å². The number of hydrogen-bond acceptors (Lipinski definition) is 3. The lowest BCUT2D eigenvalue weighted by Crippen LogP contribution is -2.43. The van der Waals surface area contributed by atoms with Crippen LogP contribution in [0.1, 0.15) is 12.8 Å². The van der Waals surface area contributed by atoms with Crippen LogP contribution in [0.25, 0.3) is 0 Å². The first-order chi connectivity index (χ1) is 12.4. The number of nitrogens with zero attached hydrogens (tertiary/aromatic N) is 1. The topological polar surface area (TPSA) is 66.5 Å². The van der Waals surface area contributed by atoms with Crippen molar-refractivity contribution in [2.45, 2.75) is 17.7 Å². The fraction of sp³-hybridized carbons (Fsp3) is 0.278. The van der Waals surface area contributed by atoms with Crippen LogP contribution in [0.2, 0.25) is 5.02 Å². The molecule has 0 bridgehead atoms. The quantitative estimate of drug-likeness (QED) is 0.750. The van der Waals surface area contributed by atoms with Crippen LogP contribution in [0.5, 0.6) is 0 Å². The highest BCUT2D eigenvalue weighted by molar-refractivity contribution is 9.10. The predicted octanol–water partition coefficient (Wildman–Crippen LogP) is 4.14. The highest BCUT2D eigenvalue weighted by Gasteiger charge is 2.33. The molecule has 8 heteroatoms. The molecule has 26 heavy (non-hydrogen) atoms. The summed E-state index contributed by atoms with van der Waals surface area (Å²) in [5.74, 6) is -0.626. The summed E-state index contributed by atoms with van der Waals surface area (Å²) in [6.07, 6.45) is 1.28. The van der Waals surface area contributed by atoms with E-state index in [1.165, 1.54) is 4.31 Å². The van der Waals surface area contributed by atoms with Crippen LogP contribution in [-0.2, 0) is 14.8 Å². The van der Waals surface area contributed by atoms with Crippen molar-refractivity contribution in [1.29, 1.82) is 0 Å². The Kier molecular flexibility index (Phi) is 6.02. The second-order valence-electron chi connectivity index (χ2n) is 6.13. The molecular formula is C18H18BrClN2O3S. The molecule has 0 spiro atoms. The van der Waals surface area contributed by atoms with Gasteiger partial charge in [-0.25, -0.2) is 8.42 Å². The van der Waals surface area contributed by atoms with E-state index in [2.05, 4.69) is 21.2 Å². The molecule has 0 aromatic heterocycles. The molecule has 1 unspecified atom stereocenters. The normalized spacial score (nSPS) is 18.5. The van der Waals surface area contributed by atoms with Gasteiger partial charge in [0, 0.05) is 17.6 Å². The number of carbonyl (C=O) groups excluding carboxylic acids is 1. The van der Waals surface area contributed by atoms with E-state index in [-0.39, 0.29) is 17.3 Å². The summed E-state index contributed by atoms with van der Waals surface area (Å²) < 4.78 is 27.9. The summed E-state index contributed by atoms with van der Waals surface area (Å²) in [5.41, 5.74) is 0.534. The zero-order valence-electron chi connectivity index (χ0n) is 13.9. The molecule has 5 nitrogen and oxygen atoms in total. The van der Waals surface area contributed by atoms with Gasteiger partial charge in [-0.15, -0.1) is 0 Å². The summed E-state index contributed by atoms with van der Waals surface area (Å²) >= 11 is 9.38. The van der Waals surface area contributed by atoms with Crippen LogP contribution < -0.4 is 5.32 Å². The first-order valence-electron chi connectivity index (χ1n) is 8.19. The number of para-hydroxylation sites is 1. The molecule has 1 aliphatic rings. The maximum atomic E-state index is 12.8. The molecule has 1 N–H and O–H groups in total. The molecule has 0 saturated carbocycles. The molecule has 3 rings (SSSR count). The standard InChI is InChI=1S/C18H18BrClN2O3S/c19-14-7-9-15(10-8-14)26(24,25)22-11-3-4-13(12-22)18(23)21-17-6-2-1-5-16(17)20/h1-2,5-10,13H,3-4,11-12H2,(H,21,23). The van der Waals surface area contributed by atoms with Crippen LogP contribution in [0.3, 0.4) is 0 Å². The number of rotatable bonds is 4. The lowest BCUT2D eigenvalue weighted by atomic mass is 9.99. The molecule has 0 aliphatic carbocycles. The van der Waals surface area contributed by atoms with Gasteiger partial charge in [0.05, 0.1) is 21.5 Å². The number of halogens is 2. The fourth-order valence-corrected chi connectivity index (χ4v) is 4.90. The third-order valence-corrected chi connectivity index (χ3v) is 7.08. The van der Waals surface area contributed by atoms with E-state index in [4.69, 9.17) is 11.6 Å². The number of hydrogen-bond donors (Lipinski definition) is 1. The number of benzene rings is 2. The molecule has 1 atom stereocenters. The predicted molar refractivity (Wildman–Crippen MR) is 106 cm³/mol. The van der Waals surface area contributed by atoms with E-state index < -0.39 is 15.9 Å². The van der Waals surface area contributed by atoms with Crippen molar-refractivity contribution in [3.05, 3.63) is 58.0 Å². The van der Waals surface area contributed by atoms with Crippen molar-refractivity contribution < 1.29 is 13.2 Å². The number of anilines is 1. The number of sulfonamides is 1. The van der Waals surface area contributed by atoms with Crippen LogP contribution in [0.4, 0.5) is 5.69 Å². The van der Waals surface area contributed by atoms with E-state index >= 15 is 0 Å². The zero-order valence-corrected chi connectivity index (χ0v) is 17.0. The number of nitrogens with one attached hydrogen (secondary N) is 1. The summed E-state index contributed by atoms with van der Waals surface area (Å²) in [4.78, 5) is 12.8. The lowest BCUT2D eigenvalue weighted by Gasteiger charge is -2.31. The van der Waals surface area contributed by atoms with Crippen molar-refractivity contribution in [1.82, 2.24) is 4.31 Å². The molecule has 1 aliphatic heterocycles. The van der Waals surface area contributed by atoms with Gasteiger partial charge in [-0.2, -0.15) is 4.31 Å². The van der Waals surface area contributed by atoms with E-state index in [9.17, 15) is 13.2 Å². The van der Waals surface area contributed by atoms with E-state index in [0.717, 1.165) is 4.47 Å². The van der Waals surface area contributed by atoms with Gasteiger partial charge < -0.3 is 5.32 Å². The van der Waals surface area contributed by atoms with Crippen molar-refractivity contribution in [3.63, 3.8) is 0 Å². The van der Waals surface area contributed by atoms with Crippen molar-refractivity contribution in [2.24, 2.45) is 5.92 Å². The van der Waals surface area contributed by atoms with Crippen molar-refractivity contribution in [2.75, 3.05) is 18.4 Å². The first-order valence-corrected chi connectivity index (χ1v) is 10.8. The van der Waals surface area contributed by atoms with Crippen LogP contribution in [0.15, 0.2) is 57.9 Å². The first kappa shape index (κ1) is 19.4. The third-order valence-electron chi connectivity index (χ3n) is 4.34. The highest BCUT2D eigenvalue weighted by atomic mass is 79.9. The maximum Gasteiger partial charge on any atom is 0.243 e. The Morgan fingerprint density at radius 3 is 2.54 bits per heavy atom. The maximum absolute atomic E-state index is 12.8. The van der Waals surface area contributed by atoms with Gasteiger partial charge in [0.25, 0.3) is 0 Å². The van der Waals surface area contributed by atoms with Crippen LogP contribution in [0, 0.1) is 5.92 Å². The Morgan fingerprint density at radius 1 is 1.15 bits per heavy atom. The molecule has 0 radical (unpaired) electrons. The number of amides is 1. The highest BCUT2D eigenvalue weighted by Crippen LogP contribution is 2.27. The second kappa shape index (κ2) is 8.08. The van der Waals surface area contributed by atoms with Gasteiger partial charge in [0.2, 0.25) is 15.9 Å². The SMILES string of the molecule is O=C(Nc1ccccc1Cl)C1CCCN(S(=O)(=O)c2ccc(Br)cc2)C1. The Morgan fingerprint density at radius 2 is 1.85 bits per heavy atom. The largest absolute Gasteiger partial charge is 0.324 e. The summed E-state index contributed by atoms with van der Waals surface area (Å²) in [7, 11) is -3.62. The van der Waals surface area contributed by atoms with Gasteiger partial charge >= 0.3 is 0 Å². The zero-order chi connectivity index (χ0) is 18.7. The van der Waals surface area contributed by atoms with Gasteiger partial charge in [-0.3, -0.25) is 4.79 Å². The third kappa shape index (κ3) is 4.28. The van der Waals surface area contributed by atoms with E-state index in [1.807, 2.05) is 0 Å². The molecule has 2 aromatic carbocycles. The lowest BCUT2D eigenvalue weighted by molar-refractivity contribution is -0.120. The molecular weight excluding hydrogens is 440 g/mol. The van der Waals surface area contributed by atoms with Crippen LogP contribution in [-0.4, -0.2) is 31.7 Å². The second-order valence-corrected chi connectivity index (χ2v) is 9.39. The van der Waals surface area contributed by atoms with E-state index in [1.54, 1.807) is 48.5 Å². The summed E-state index contributed by atoms with van der Waals surface area (Å²) in [6.45, 7) is 0.572. The molecule has 1 fully saturated rings. The minimum Gasteiger partial charge on any atom is -0.324 e. The Bertz CT molecular complexity index is 903. The van der Waals surface area contributed by atoms with Gasteiger partial charge in [-0.1, -0.05) is 39.7 Å².